The van der Waals surface area contributed by atoms with Gasteiger partial charge in [0.15, 0.2) is 11.5 Å². The Labute approximate surface area is 183 Å². The van der Waals surface area contributed by atoms with E-state index in [0.717, 1.165) is 5.56 Å². The van der Waals surface area contributed by atoms with E-state index < -0.39 is 10.8 Å². The van der Waals surface area contributed by atoms with Crippen molar-refractivity contribution in [1.29, 1.82) is 0 Å². The molecule has 0 saturated carbocycles. The van der Waals surface area contributed by atoms with Crippen molar-refractivity contribution >= 4 is 29.4 Å². The lowest BCUT2D eigenvalue weighted by atomic mass is 10.2. The zero-order valence-corrected chi connectivity index (χ0v) is 17.2. The molecule has 0 radical (unpaired) electrons. The molecule has 9 heteroatoms. The molecule has 1 N–H and O–H groups in total. The zero-order chi connectivity index (χ0) is 22.2. The first-order valence-corrected chi connectivity index (χ1v) is 9.47. The third-order valence-corrected chi connectivity index (χ3v) is 4.43. The molecule has 0 saturated heterocycles. The molecule has 0 aliphatic rings. The van der Waals surface area contributed by atoms with Crippen LogP contribution in [0.1, 0.15) is 21.5 Å². The third-order valence-electron chi connectivity index (χ3n) is 4.19. The largest absolute Gasteiger partial charge is 0.493 e. The molecule has 0 fully saturated rings. The Morgan fingerprint density at radius 1 is 1.13 bits per heavy atom. The van der Waals surface area contributed by atoms with Crippen molar-refractivity contribution in [3.8, 4) is 11.5 Å². The van der Waals surface area contributed by atoms with Crippen LogP contribution in [-0.2, 0) is 6.61 Å². The molecular weight excluding hydrogens is 422 g/mol. The second-order valence-corrected chi connectivity index (χ2v) is 6.77. The van der Waals surface area contributed by atoms with Gasteiger partial charge in [0.1, 0.15) is 6.61 Å². The predicted molar refractivity (Wildman–Crippen MR) is 117 cm³/mol. The number of ether oxygens (including phenoxy) is 2. The Hall–Kier alpha value is -3.91. The minimum absolute atomic E-state index is 0.0928. The van der Waals surface area contributed by atoms with Gasteiger partial charge in [-0.05, 0) is 53.6 Å². The Balaban J connectivity index is 1.61. The first kappa shape index (κ1) is 21.8. The van der Waals surface area contributed by atoms with E-state index in [1.165, 1.54) is 37.6 Å². The Kier molecular flexibility index (Phi) is 7.18. The number of halogens is 1. The fraction of sp³-hybridized carbons (Fsp3) is 0.0909. The quantitative estimate of drug-likeness (QED) is 0.314. The highest BCUT2D eigenvalue weighted by Gasteiger charge is 2.09. The highest BCUT2D eigenvalue weighted by Crippen LogP contribution is 2.28. The number of carbonyl (C=O) groups is 1. The number of nitro benzene ring substituents is 1. The number of amides is 1. The summed E-state index contributed by atoms with van der Waals surface area (Å²) in [6.07, 6.45) is 1.45. The van der Waals surface area contributed by atoms with Crippen molar-refractivity contribution in [2.24, 2.45) is 5.10 Å². The molecule has 0 spiro atoms. The topological polar surface area (TPSA) is 103 Å². The summed E-state index contributed by atoms with van der Waals surface area (Å²) in [6.45, 7) is 0.329. The molecular formula is C22H18ClN3O5. The fourth-order valence-electron chi connectivity index (χ4n) is 2.64. The lowest BCUT2D eigenvalue weighted by molar-refractivity contribution is -0.384. The molecule has 1 amide bonds. The molecule has 158 valence electrons. The number of hydrogen-bond donors (Lipinski definition) is 1. The highest BCUT2D eigenvalue weighted by atomic mass is 35.5. The molecule has 8 nitrogen and oxygen atoms in total. The number of hydrogen-bond acceptors (Lipinski definition) is 6. The van der Waals surface area contributed by atoms with Gasteiger partial charge in [-0.3, -0.25) is 14.9 Å². The summed E-state index contributed by atoms with van der Waals surface area (Å²) in [4.78, 5) is 22.2. The van der Waals surface area contributed by atoms with Gasteiger partial charge < -0.3 is 9.47 Å². The maximum absolute atomic E-state index is 12.1. The maximum atomic E-state index is 12.1. The second-order valence-electron chi connectivity index (χ2n) is 6.33. The van der Waals surface area contributed by atoms with E-state index in [0.29, 0.717) is 28.7 Å². The van der Waals surface area contributed by atoms with E-state index in [1.807, 2.05) is 18.2 Å². The molecule has 0 aliphatic carbocycles. The van der Waals surface area contributed by atoms with Crippen LogP contribution in [0.25, 0.3) is 0 Å². The molecule has 0 unspecified atom stereocenters. The van der Waals surface area contributed by atoms with Crippen LogP contribution < -0.4 is 14.9 Å². The standard InChI is InChI=1S/C22H18ClN3O5/c1-30-21-12-15(5-10-20(21)31-14-16-3-2-4-18(23)11-16)13-24-25-22(27)17-6-8-19(9-7-17)26(28)29/h2-13H,14H2,1H3,(H,25,27)/b24-13+. The lowest BCUT2D eigenvalue weighted by Crippen LogP contribution is -2.17. The molecule has 31 heavy (non-hydrogen) atoms. The van der Waals surface area contributed by atoms with Gasteiger partial charge in [-0.1, -0.05) is 23.7 Å². The second kappa shape index (κ2) is 10.2. The molecule has 0 bridgehead atoms. The van der Waals surface area contributed by atoms with Gasteiger partial charge in [0.05, 0.1) is 18.2 Å². The number of non-ortho nitro benzene ring substituents is 1. The van der Waals surface area contributed by atoms with Gasteiger partial charge in [-0.15, -0.1) is 0 Å². The van der Waals surface area contributed by atoms with Gasteiger partial charge in [-0.2, -0.15) is 5.10 Å². The van der Waals surface area contributed by atoms with Crippen LogP contribution in [0.3, 0.4) is 0 Å². The van der Waals surface area contributed by atoms with Crippen LogP contribution in [0.4, 0.5) is 5.69 Å². The van der Waals surface area contributed by atoms with Crippen LogP contribution in [0, 0.1) is 10.1 Å². The molecule has 3 aromatic carbocycles. The molecule has 0 aromatic heterocycles. The molecule has 0 heterocycles. The van der Waals surface area contributed by atoms with Gasteiger partial charge in [0.2, 0.25) is 0 Å². The van der Waals surface area contributed by atoms with E-state index in [2.05, 4.69) is 10.5 Å². The van der Waals surface area contributed by atoms with Crippen molar-refractivity contribution in [2.75, 3.05) is 7.11 Å². The van der Waals surface area contributed by atoms with E-state index in [9.17, 15) is 14.9 Å². The average molecular weight is 440 g/mol. The van der Waals surface area contributed by atoms with E-state index in [-0.39, 0.29) is 11.3 Å². The van der Waals surface area contributed by atoms with Crippen LogP contribution in [0.5, 0.6) is 11.5 Å². The van der Waals surface area contributed by atoms with Crippen molar-refractivity contribution in [1.82, 2.24) is 5.43 Å². The summed E-state index contributed by atoms with van der Waals surface area (Å²) in [5.41, 5.74) is 4.14. The lowest BCUT2D eigenvalue weighted by Gasteiger charge is -2.11. The summed E-state index contributed by atoms with van der Waals surface area (Å²) in [5, 5.41) is 15.2. The van der Waals surface area contributed by atoms with Crippen molar-refractivity contribution in [3.05, 3.63) is 98.6 Å². The van der Waals surface area contributed by atoms with Gasteiger partial charge >= 0.3 is 0 Å². The first-order valence-electron chi connectivity index (χ1n) is 9.09. The van der Waals surface area contributed by atoms with E-state index in [1.54, 1.807) is 24.3 Å². The van der Waals surface area contributed by atoms with Gasteiger partial charge in [0, 0.05) is 22.7 Å². The molecule has 0 atom stereocenters. The summed E-state index contributed by atoms with van der Waals surface area (Å²) < 4.78 is 11.2. The summed E-state index contributed by atoms with van der Waals surface area (Å²) in [5.74, 6) is 0.571. The Morgan fingerprint density at radius 2 is 1.90 bits per heavy atom. The number of carbonyl (C=O) groups excluding carboxylic acids is 1. The molecule has 3 rings (SSSR count). The zero-order valence-electron chi connectivity index (χ0n) is 16.4. The smallest absolute Gasteiger partial charge is 0.271 e. The summed E-state index contributed by atoms with van der Waals surface area (Å²) >= 11 is 5.98. The van der Waals surface area contributed by atoms with E-state index >= 15 is 0 Å². The molecule has 3 aromatic rings. The highest BCUT2D eigenvalue weighted by molar-refractivity contribution is 6.30. The van der Waals surface area contributed by atoms with Crippen molar-refractivity contribution in [3.63, 3.8) is 0 Å². The monoisotopic (exact) mass is 439 g/mol. The van der Waals surface area contributed by atoms with E-state index in [4.69, 9.17) is 21.1 Å². The minimum atomic E-state index is -0.532. The fourth-order valence-corrected chi connectivity index (χ4v) is 2.85. The van der Waals surface area contributed by atoms with Crippen LogP contribution in [-0.4, -0.2) is 24.2 Å². The maximum Gasteiger partial charge on any atom is 0.271 e. The summed E-state index contributed by atoms with van der Waals surface area (Å²) in [6, 6.07) is 17.8. The van der Waals surface area contributed by atoms with Gasteiger partial charge in [0.25, 0.3) is 11.6 Å². The number of nitrogens with one attached hydrogen (secondary N) is 1. The Morgan fingerprint density at radius 3 is 2.58 bits per heavy atom. The third kappa shape index (κ3) is 6.03. The number of rotatable bonds is 8. The predicted octanol–water partition coefficient (Wildman–Crippen LogP) is 4.60. The SMILES string of the molecule is COc1cc(/C=N/NC(=O)c2ccc([N+](=O)[O-])cc2)ccc1OCc1cccc(Cl)c1. The first-order chi connectivity index (χ1) is 15.0. The number of benzene rings is 3. The number of nitro groups is 1. The van der Waals surface area contributed by atoms with Crippen LogP contribution >= 0.6 is 11.6 Å². The summed E-state index contributed by atoms with van der Waals surface area (Å²) in [7, 11) is 1.53. The molecule has 0 aliphatic heterocycles. The number of hydrazone groups is 1. The van der Waals surface area contributed by atoms with Crippen LogP contribution in [0.2, 0.25) is 5.02 Å². The normalized spacial score (nSPS) is 10.6. The Bertz CT molecular complexity index is 1120. The number of nitrogens with zero attached hydrogens (tertiary/aromatic N) is 2. The minimum Gasteiger partial charge on any atom is -0.493 e. The van der Waals surface area contributed by atoms with Crippen molar-refractivity contribution < 1.29 is 19.2 Å². The number of methoxy groups -OCH3 is 1. The van der Waals surface area contributed by atoms with Crippen LogP contribution in [0.15, 0.2) is 71.8 Å². The van der Waals surface area contributed by atoms with Gasteiger partial charge in [-0.25, -0.2) is 5.43 Å². The average Bonchev–Trinajstić information content (AvgIpc) is 2.78. The van der Waals surface area contributed by atoms with Crippen molar-refractivity contribution in [2.45, 2.75) is 6.61 Å².